The van der Waals surface area contributed by atoms with E-state index < -0.39 is 5.97 Å². The van der Waals surface area contributed by atoms with Crippen LogP contribution in [0.25, 0.3) is 0 Å². The van der Waals surface area contributed by atoms with Gasteiger partial charge >= 0.3 is 5.97 Å². The number of hydrogen-bond donors (Lipinski definition) is 0. The van der Waals surface area contributed by atoms with Crippen LogP contribution >= 0.6 is 11.6 Å². The van der Waals surface area contributed by atoms with Crippen LogP contribution in [-0.2, 0) is 20.7 Å². The first-order chi connectivity index (χ1) is 9.56. The van der Waals surface area contributed by atoms with Crippen LogP contribution in [0.5, 0.6) is 0 Å². The molecule has 106 valence electrons. The van der Waals surface area contributed by atoms with Gasteiger partial charge in [0.15, 0.2) is 0 Å². The van der Waals surface area contributed by atoms with Gasteiger partial charge in [0.2, 0.25) is 5.91 Å². The lowest BCUT2D eigenvalue weighted by Gasteiger charge is -2.18. The minimum absolute atomic E-state index is 0.0968. The number of hydrazone groups is 1. The topological polar surface area (TPSA) is 59.0 Å². The lowest BCUT2D eigenvalue weighted by molar-refractivity contribution is -0.136. The van der Waals surface area contributed by atoms with E-state index in [1.807, 2.05) is 18.2 Å². The van der Waals surface area contributed by atoms with Crippen LogP contribution in [0.3, 0.4) is 0 Å². The van der Waals surface area contributed by atoms with Crippen molar-refractivity contribution in [2.24, 2.45) is 5.10 Å². The van der Waals surface area contributed by atoms with E-state index in [1.165, 1.54) is 12.1 Å². The molecule has 1 aliphatic rings. The molecule has 0 unspecified atom stereocenters. The third kappa shape index (κ3) is 3.81. The number of nitrogens with zero attached hydrogens (tertiary/aromatic N) is 2. The molecule has 1 amide bonds. The van der Waals surface area contributed by atoms with Gasteiger partial charge in [-0.25, -0.2) is 9.80 Å². The number of esters is 1. The molecule has 0 atom stereocenters. The number of hydrogen-bond acceptors (Lipinski definition) is 4. The number of ether oxygens (including phenoxy) is 1. The summed E-state index contributed by atoms with van der Waals surface area (Å²) in [4.78, 5) is 23.0. The van der Waals surface area contributed by atoms with E-state index in [1.54, 1.807) is 6.07 Å². The second-order valence-electron chi connectivity index (χ2n) is 4.48. The van der Waals surface area contributed by atoms with Crippen molar-refractivity contribution >= 4 is 29.2 Å². The second kappa shape index (κ2) is 6.52. The summed E-state index contributed by atoms with van der Waals surface area (Å²) in [5.41, 5.74) is 1.29. The first-order valence-electron chi connectivity index (χ1n) is 6.32. The smallest absolute Gasteiger partial charge is 0.354 e. The Bertz CT molecular complexity index is 557. The van der Waals surface area contributed by atoms with Crippen molar-refractivity contribution in [3.63, 3.8) is 0 Å². The first-order valence-corrected chi connectivity index (χ1v) is 6.69. The fourth-order valence-corrected chi connectivity index (χ4v) is 2.07. The Kier molecular flexibility index (Phi) is 4.74. The minimum atomic E-state index is -0.466. The minimum Gasteiger partial charge on any atom is -0.461 e. The molecule has 1 aromatic rings. The van der Waals surface area contributed by atoms with E-state index in [0.29, 0.717) is 24.3 Å². The normalized spacial score (nSPS) is 15.0. The van der Waals surface area contributed by atoms with Crippen molar-refractivity contribution < 1.29 is 14.3 Å². The summed E-state index contributed by atoms with van der Waals surface area (Å²) in [6.45, 7) is 0.260. The summed E-state index contributed by atoms with van der Waals surface area (Å²) in [6.07, 6.45) is 1.21. The fraction of sp³-hybridized carbons (Fsp3) is 0.357. The SMILES string of the molecule is CN1N=C(C(=O)OCCc2cccc(Cl)c2)CCC1=O. The number of rotatable bonds is 4. The van der Waals surface area contributed by atoms with E-state index in [-0.39, 0.29) is 18.2 Å². The molecule has 0 fully saturated rings. The van der Waals surface area contributed by atoms with Crippen molar-refractivity contribution in [2.75, 3.05) is 13.7 Å². The Hall–Kier alpha value is -1.88. The first kappa shape index (κ1) is 14.5. The molecule has 0 aliphatic carbocycles. The molecule has 20 heavy (non-hydrogen) atoms. The maximum atomic E-state index is 11.8. The third-order valence-corrected chi connectivity index (χ3v) is 3.19. The highest BCUT2D eigenvalue weighted by Crippen LogP contribution is 2.12. The van der Waals surface area contributed by atoms with Crippen LogP contribution in [0.4, 0.5) is 0 Å². The van der Waals surface area contributed by atoms with Crippen LogP contribution in [0.2, 0.25) is 5.02 Å². The van der Waals surface area contributed by atoms with Crippen LogP contribution in [0, 0.1) is 0 Å². The quantitative estimate of drug-likeness (QED) is 0.798. The zero-order chi connectivity index (χ0) is 14.5. The summed E-state index contributed by atoms with van der Waals surface area (Å²) in [5.74, 6) is -0.563. The van der Waals surface area contributed by atoms with Gasteiger partial charge in [0, 0.05) is 31.3 Å². The van der Waals surface area contributed by atoms with Gasteiger partial charge in [-0.05, 0) is 17.7 Å². The summed E-state index contributed by atoms with van der Waals surface area (Å²) in [7, 11) is 1.53. The average molecular weight is 295 g/mol. The van der Waals surface area contributed by atoms with Gasteiger partial charge in [0.05, 0.1) is 6.61 Å². The number of halogens is 1. The van der Waals surface area contributed by atoms with Gasteiger partial charge in [-0.15, -0.1) is 0 Å². The summed E-state index contributed by atoms with van der Waals surface area (Å²) in [6, 6.07) is 7.40. The molecule has 0 aromatic heterocycles. The number of carbonyl (C=O) groups is 2. The summed E-state index contributed by atoms with van der Waals surface area (Å²) < 4.78 is 5.16. The molecule has 0 radical (unpaired) electrons. The zero-order valence-electron chi connectivity index (χ0n) is 11.1. The van der Waals surface area contributed by atoms with E-state index in [9.17, 15) is 9.59 Å². The lowest BCUT2D eigenvalue weighted by atomic mass is 10.1. The van der Waals surface area contributed by atoms with Crippen molar-refractivity contribution in [1.29, 1.82) is 0 Å². The zero-order valence-corrected chi connectivity index (χ0v) is 11.9. The Morgan fingerprint density at radius 3 is 2.95 bits per heavy atom. The highest BCUT2D eigenvalue weighted by Gasteiger charge is 2.22. The fourth-order valence-electron chi connectivity index (χ4n) is 1.85. The number of benzene rings is 1. The van der Waals surface area contributed by atoms with Crippen LogP contribution in [0.15, 0.2) is 29.4 Å². The Labute approximate surface area is 122 Å². The molecule has 0 bridgehead atoms. The van der Waals surface area contributed by atoms with Crippen LogP contribution < -0.4 is 0 Å². The third-order valence-electron chi connectivity index (χ3n) is 2.96. The highest BCUT2D eigenvalue weighted by molar-refractivity contribution is 6.37. The maximum Gasteiger partial charge on any atom is 0.354 e. The van der Waals surface area contributed by atoms with Crippen LogP contribution in [0.1, 0.15) is 18.4 Å². The molecular weight excluding hydrogens is 280 g/mol. The van der Waals surface area contributed by atoms with E-state index >= 15 is 0 Å². The largest absolute Gasteiger partial charge is 0.461 e. The van der Waals surface area contributed by atoms with Crippen molar-refractivity contribution in [1.82, 2.24) is 5.01 Å². The van der Waals surface area contributed by atoms with Crippen molar-refractivity contribution in [2.45, 2.75) is 19.3 Å². The van der Waals surface area contributed by atoms with Gasteiger partial charge in [-0.1, -0.05) is 23.7 Å². The number of amides is 1. The van der Waals surface area contributed by atoms with Crippen molar-refractivity contribution in [3.8, 4) is 0 Å². The molecular formula is C14H15ClN2O3. The maximum absolute atomic E-state index is 11.8. The molecule has 1 aromatic carbocycles. The molecule has 1 aliphatic heterocycles. The molecule has 1 heterocycles. The lowest BCUT2D eigenvalue weighted by Crippen LogP contribution is -2.32. The molecule has 6 heteroatoms. The summed E-state index contributed by atoms with van der Waals surface area (Å²) in [5, 5.41) is 5.74. The van der Waals surface area contributed by atoms with Gasteiger partial charge in [-0.2, -0.15) is 5.10 Å². The van der Waals surface area contributed by atoms with Gasteiger partial charge < -0.3 is 4.74 Å². The van der Waals surface area contributed by atoms with Crippen molar-refractivity contribution in [3.05, 3.63) is 34.9 Å². The van der Waals surface area contributed by atoms with Gasteiger partial charge in [0.25, 0.3) is 0 Å². The van der Waals surface area contributed by atoms with E-state index in [4.69, 9.17) is 16.3 Å². The average Bonchev–Trinajstić information content (AvgIpc) is 2.42. The molecule has 0 saturated heterocycles. The Morgan fingerprint density at radius 2 is 2.25 bits per heavy atom. The monoisotopic (exact) mass is 294 g/mol. The summed E-state index contributed by atoms with van der Waals surface area (Å²) >= 11 is 5.87. The van der Waals surface area contributed by atoms with Gasteiger partial charge in [-0.3, -0.25) is 4.79 Å². The Morgan fingerprint density at radius 1 is 1.45 bits per heavy atom. The predicted octanol–water partition coefficient (Wildman–Crippen LogP) is 2.03. The predicted molar refractivity (Wildman–Crippen MR) is 75.6 cm³/mol. The van der Waals surface area contributed by atoms with Gasteiger partial charge in [0.1, 0.15) is 5.71 Å². The molecule has 0 spiro atoms. The van der Waals surface area contributed by atoms with E-state index in [2.05, 4.69) is 5.10 Å². The molecule has 5 nitrogen and oxygen atoms in total. The standard InChI is InChI=1S/C14H15ClN2O3/c1-17-13(18)6-5-12(16-17)14(19)20-8-7-10-3-2-4-11(15)9-10/h2-4,9H,5-8H2,1H3. The highest BCUT2D eigenvalue weighted by atomic mass is 35.5. The molecule has 0 saturated carbocycles. The Balaban J connectivity index is 1.84. The molecule has 0 N–H and O–H groups in total. The van der Waals surface area contributed by atoms with Crippen LogP contribution in [-0.4, -0.2) is 36.3 Å². The number of carbonyl (C=O) groups excluding carboxylic acids is 2. The van der Waals surface area contributed by atoms with E-state index in [0.717, 1.165) is 5.56 Å². The molecule has 2 rings (SSSR count). The second-order valence-corrected chi connectivity index (χ2v) is 4.92.